The average molecular weight is 282 g/mol. The van der Waals surface area contributed by atoms with Gasteiger partial charge in [0.1, 0.15) is 5.83 Å². The maximum atomic E-state index is 13.5. The van der Waals surface area contributed by atoms with Gasteiger partial charge >= 0.3 is 18.0 Å². The predicted octanol–water partition coefficient (Wildman–Crippen LogP) is 3.95. The molecule has 3 rings (SSSR count). The van der Waals surface area contributed by atoms with Gasteiger partial charge in [-0.05, 0) is 12.2 Å². The van der Waals surface area contributed by atoms with Crippen LogP contribution in [0.15, 0.2) is 23.6 Å². The Morgan fingerprint density at radius 2 is 1.50 bits per heavy atom. The van der Waals surface area contributed by atoms with Crippen LogP contribution in [0.3, 0.4) is 0 Å². The molecule has 0 aromatic heterocycles. The fraction of sp³-hybridized carbons (Fsp3) is 0.556. The number of fused-ring (bicyclic) bond motifs is 1. The third kappa shape index (κ3) is 1.24. The molecule has 0 fully saturated rings. The van der Waals surface area contributed by atoms with Crippen molar-refractivity contribution >= 4 is 0 Å². The third-order valence-corrected chi connectivity index (χ3v) is 2.94. The first-order chi connectivity index (χ1) is 7.86. The molecular formula is C9H3F9. The summed E-state index contributed by atoms with van der Waals surface area (Å²) in [4.78, 5) is 0. The quantitative estimate of drug-likeness (QED) is 0.466. The van der Waals surface area contributed by atoms with Gasteiger partial charge in [-0.3, -0.25) is 0 Å². The number of alkyl halides is 8. The van der Waals surface area contributed by atoms with Crippen LogP contribution in [0.4, 0.5) is 39.5 Å². The molecule has 0 radical (unpaired) electrons. The lowest BCUT2D eigenvalue weighted by Gasteiger charge is -2.47. The van der Waals surface area contributed by atoms with Crippen LogP contribution < -0.4 is 0 Å². The molecule has 0 N–H and O–H groups in total. The van der Waals surface area contributed by atoms with Gasteiger partial charge in [-0.25, -0.2) is 8.78 Å². The van der Waals surface area contributed by atoms with Crippen molar-refractivity contribution in [1.82, 2.24) is 0 Å². The van der Waals surface area contributed by atoms with E-state index in [1.165, 1.54) is 0 Å². The Kier molecular flexibility index (Phi) is 2.25. The second kappa shape index (κ2) is 3.05. The zero-order chi connectivity index (χ0) is 14.1. The highest BCUT2D eigenvalue weighted by Crippen LogP contribution is 2.63. The minimum atomic E-state index is -5.57. The minimum Gasteiger partial charge on any atom is -0.224 e. The SMILES string of the molecule is FC1=CC2C(C(F)(F)F)=CC1(F)C(F)(F)C2(F)F. The van der Waals surface area contributed by atoms with E-state index >= 15 is 0 Å². The van der Waals surface area contributed by atoms with Crippen LogP contribution in [0.25, 0.3) is 0 Å². The van der Waals surface area contributed by atoms with E-state index in [2.05, 4.69) is 0 Å². The number of rotatable bonds is 0. The van der Waals surface area contributed by atoms with Gasteiger partial charge in [-0.15, -0.1) is 0 Å². The first-order valence-corrected chi connectivity index (χ1v) is 4.48. The molecule has 3 aliphatic rings. The molecule has 0 aromatic carbocycles. The van der Waals surface area contributed by atoms with E-state index in [-0.39, 0.29) is 0 Å². The summed E-state index contributed by atoms with van der Waals surface area (Å²) < 4.78 is 116. The molecule has 2 atom stereocenters. The van der Waals surface area contributed by atoms with Crippen LogP contribution in [0.1, 0.15) is 0 Å². The molecule has 9 heteroatoms. The zero-order valence-corrected chi connectivity index (χ0v) is 8.13. The maximum Gasteiger partial charge on any atom is 0.413 e. The first kappa shape index (κ1) is 13.3. The van der Waals surface area contributed by atoms with Crippen LogP contribution in [-0.2, 0) is 0 Å². The summed E-state index contributed by atoms with van der Waals surface area (Å²) in [5.41, 5.74) is -6.97. The van der Waals surface area contributed by atoms with Crippen LogP contribution >= 0.6 is 0 Å². The topological polar surface area (TPSA) is 0 Å². The Balaban J connectivity index is 2.72. The van der Waals surface area contributed by atoms with Gasteiger partial charge < -0.3 is 0 Å². The molecule has 2 bridgehead atoms. The van der Waals surface area contributed by atoms with E-state index in [4.69, 9.17) is 0 Å². The van der Waals surface area contributed by atoms with Crippen LogP contribution in [-0.4, -0.2) is 23.7 Å². The highest BCUT2D eigenvalue weighted by molar-refractivity contribution is 5.46. The van der Waals surface area contributed by atoms with Crippen molar-refractivity contribution < 1.29 is 39.5 Å². The summed E-state index contributed by atoms with van der Waals surface area (Å²) >= 11 is 0. The van der Waals surface area contributed by atoms with Gasteiger partial charge in [0.25, 0.3) is 0 Å². The smallest absolute Gasteiger partial charge is 0.224 e. The molecule has 2 unspecified atom stereocenters. The molecular weight excluding hydrogens is 279 g/mol. The number of halogens is 9. The van der Waals surface area contributed by atoms with Crippen molar-refractivity contribution in [3.05, 3.63) is 23.6 Å². The van der Waals surface area contributed by atoms with Crippen LogP contribution in [0.5, 0.6) is 0 Å². The van der Waals surface area contributed by atoms with Crippen molar-refractivity contribution in [1.29, 1.82) is 0 Å². The third-order valence-electron chi connectivity index (χ3n) is 2.94. The lowest BCUT2D eigenvalue weighted by molar-refractivity contribution is -0.286. The van der Waals surface area contributed by atoms with Crippen LogP contribution in [0, 0.1) is 5.92 Å². The molecule has 102 valence electrons. The van der Waals surface area contributed by atoms with E-state index < -0.39 is 53.2 Å². The zero-order valence-electron chi connectivity index (χ0n) is 8.13. The second-order valence-electron chi connectivity index (χ2n) is 4.00. The van der Waals surface area contributed by atoms with Gasteiger partial charge in [-0.2, -0.15) is 30.7 Å². The molecule has 0 saturated heterocycles. The van der Waals surface area contributed by atoms with Crippen molar-refractivity contribution in [2.24, 2.45) is 5.92 Å². The predicted molar refractivity (Wildman–Crippen MR) is 40.6 cm³/mol. The Hall–Kier alpha value is -1.15. The molecule has 0 nitrogen and oxygen atoms in total. The molecule has 0 aliphatic heterocycles. The molecule has 0 saturated carbocycles. The first-order valence-electron chi connectivity index (χ1n) is 4.48. The molecule has 0 aromatic rings. The lowest BCUT2D eigenvalue weighted by Crippen LogP contribution is -2.65. The average Bonchev–Trinajstić information content (AvgIpc) is 2.17. The van der Waals surface area contributed by atoms with E-state index in [9.17, 15) is 39.5 Å². The fourth-order valence-electron chi connectivity index (χ4n) is 1.97. The second-order valence-corrected chi connectivity index (χ2v) is 4.00. The Morgan fingerprint density at radius 3 is 1.94 bits per heavy atom. The molecule has 0 spiro atoms. The lowest BCUT2D eigenvalue weighted by atomic mass is 9.68. The van der Waals surface area contributed by atoms with Gasteiger partial charge in [-0.1, -0.05) is 0 Å². The molecule has 0 amide bonds. The summed E-state index contributed by atoms with van der Waals surface area (Å²) in [6, 6.07) is 0. The summed E-state index contributed by atoms with van der Waals surface area (Å²) in [5, 5.41) is 0. The van der Waals surface area contributed by atoms with Gasteiger partial charge in [0.15, 0.2) is 0 Å². The fourth-order valence-corrected chi connectivity index (χ4v) is 1.97. The maximum absolute atomic E-state index is 13.5. The summed E-state index contributed by atoms with van der Waals surface area (Å²) in [6.45, 7) is 0. The van der Waals surface area contributed by atoms with E-state index in [0.717, 1.165) is 0 Å². The van der Waals surface area contributed by atoms with Crippen LogP contribution in [0.2, 0.25) is 0 Å². The van der Waals surface area contributed by atoms with Gasteiger partial charge in [0.2, 0.25) is 5.67 Å². The van der Waals surface area contributed by atoms with Crippen molar-refractivity contribution in [2.75, 3.05) is 0 Å². The monoisotopic (exact) mass is 282 g/mol. The number of hydrogen-bond donors (Lipinski definition) is 0. The van der Waals surface area contributed by atoms with E-state index in [1.54, 1.807) is 0 Å². The summed E-state index contributed by atoms with van der Waals surface area (Å²) in [7, 11) is 0. The minimum absolute atomic E-state index is 0.444. The van der Waals surface area contributed by atoms with Gasteiger partial charge in [0.05, 0.1) is 5.92 Å². The van der Waals surface area contributed by atoms with Crippen molar-refractivity contribution in [3.8, 4) is 0 Å². The Morgan fingerprint density at radius 1 is 1.00 bits per heavy atom. The normalized spacial score (nSPS) is 37.3. The summed E-state index contributed by atoms with van der Waals surface area (Å²) in [6.07, 6.45) is -6.69. The number of allylic oxidation sites excluding steroid dienone is 4. The largest absolute Gasteiger partial charge is 0.413 e. The molecule has 18 heavy (non-hydrogen) atoms. The highest BCUT2D eigenvalue weighted by Gasteiger charge is 2.80. The highest BCUT2D eigenvalue weighted by atomic mass is 19.4. The van der Waals surface area contributed by atoms with Crippen molar-refractivity contribution in [3.63, 3.8) is 0 Å². The molecule has 0 heterocycles. The van der Waals surface area contributed by atoms with E-state index in [1.807, 2.05) is 0 Å². The van der Waals surface area contributed by atoms with Gasteiger partial charge in [0, 0.05) is 5.57 Å². The van der Waals surface area contributed by atoms with E-state index in [0.29, 0.717) is 0 Å². The Labute approximate surface area is 93.8 Å². The number of hydrogen-bond acceptors (Lipinski definition) is 0. The standard InChI is InChI=1S/C9H3F9/c10-5-1-3-4(8(14,15)16)2-6(5,11)9(17,18)7(3,12)13/h1-3H. The Bertz CT molecular complexity index is 455. The summed E-state index contributed by atoms with van der Waals surface area (Å²) in [5.74, 6) is -16.5. The molecule has 3 aliphatic carbocycles. The van der Waals surface area contributed by atoms with Crippen molar-refractivity contribution in [2.45, 2.75) is 23.7 Å².